The fourth-order valence-corrected chi connectivity index (χ4v) is 1.49. The van der Waals surface area contributed by atoms with Crippen molar-refractivity contribution < 1.29 is 14.3 Å². The number of halogens is 1. The summed E-state index contributed by atoms with van der Waals surface area (Å²) in [6.45, 7) is 4.21. The molecule has 0 aliphatic heterocycles. The van der Waals surface area contributed by atoms with Crippen LogP contribution in [0.25, 0.3) is 0 Å². The molecule has 0 saturated heterocycles. The first-order valence-corrected chi connectivity index (χ1v) is 5.71. The van der Waals surface area contributed by atoms with Gasteiger partial charge in [-0.15, -0.1) is 0 Å². The number of benzene rings is 1. The average Bonchev–Trinajstić information content (AvgIpc) is 2.30. The maximum Gasteiger partial charge on any atom is 0.307 e. The molecule has 0 amide bonds. The smallest absolute Gasteiger partial charge is 0.307 e. The Morgan fingerprint density at radius 2 is 1.94 bits per heavy atom. The number of carboxylic acids is 1. The summed E-state index contributed by atoms with van der Waals surface area (Å²) in [4.78, 5) is 10.7. The van der Waals surface area contributed by atoms with Crippen LogP contribution in [0.4, 0.5) is 4.39 Å². The molecule has 1 rings (SSSR count). The van der Waals surface area contributed by atoms with E-state index in [0.717, 1.165) is 12.0 Å². The predicted molar refractivity (Wildman–Crippen MR) is 64.4 cm³/mol. The van der Waals surface area contributed by atoms with Gasteiger partial charge in [0.25, 0.3) is 0 Å². The van der Waals surface area contributed by atoms with E-state index in [0.29, 0.717) is 6.54 Å². The Labute approximate surface area is 101 Å². The molecule has 0 fully saturated rings. The van der Waals surface area contributed by atoms with Crippen LogP contribution in [0.2, 0.25) is 0 Å². The zero-order valence-corrected chi connectivity index (χ0v) is 10.1. The standard InChI is InChI=1S/C13H18FNO2/c1-9(13(16)17)10(2)15-8-7-11-3-5-12(14)6-4-11/h3-6,9-10,15H,7-8H2,1-2H3,(H,16,17). The van der Waals surface area contributed by atoms with E-state index in [1.165, 1.54) is 12.1 Å². The molecule has 0 heterocycles. The van der Waals surface area contributed by atoms with Gasteiger partial charge in [-0.05, 0) is 37.6 Å². The normalized spacial score (nSPS) is 14.3. The molecule has 17 heavy (non-hydrogen) atoms. The Morgan fingerprint density at radius 3 is 2.47 bits per heavy atom. The largest absolute Gasteiger partial charge is 0.481 e. The number of nitrogens with one attached hydrogen (secondary N) is 1. The Bertz CT molecular complexity index is 364. The maximum absolute atomic E-state index is 12.7. The quantitative estimate of drug-likeness (QED) is 0.799. The number of hydrogen-bond acceptors (Lipinski definition) is 2. The van der Waals surface area contributed by atoms with E-state index in [4.69, 9.17) is 5.11 Å². The van der Waals surface area contributed by atoms with Crippen molar-refractivity contribution in [2.75, 3.05) is 6.54 Å². The minimum absolute atomic E-state index is 0.0760. The van der Waals surface area contributed by atoms with Gasteiger partial charge in [-0.2, -0.15) is 0 Å². The Balaban J connectivity index is 2.32. The highest BCUT2D eigenvalue weighted by molar-refractivity contribution is 5.70. The van der Waals surface area contributed by atoms with Gasteiger partial charge in [0.05, 0.1) is 5.92 Å². The minimum atomic E-state index is -0.799. The van der Waals surface area contributed by atoms with Crippen LogP contribution in [-0.2, 0) is 11.2 Å². The predicted octanol–water partition coefficient (Wildman–Crippen LogP) is 2.07. The Morgan fingerprint density at radius 1 is 1.35 bits per heavy atom. The van der Waals surface area contributed by atoms with E-state index in [9.17, 15) is 9.18 Å². The van der Waals surface area contributed by atoms with Crippen LogP contribution in [0, 0.1) is 11.7 Å². The molecule has 0 aliphatic rings. The summed E-state index contributed by atoms with van der Waals surface area (Å²) in [5, 5.41) is 12.0. The number of hydrogen-bond donors (Lipinski definition) is 2. The summed E-state index contributed by atoms with van der Waals surface area (Å²) in [6.07, 6.45) is 0.761. The second kappa shape index (κ2) is 6.35. The van der Waals surface area contributed by atoms with E-state index >= 15 is 0 Å². The summed E-state index contributed by atoms with van der Waals surface area (Å²) in [5.41, 5.74) is 1.04. The summed E-state index contributed by atoms with van der Waals surface area (Å²) in [6, 6.07) is 6.26. The van der Waals surface area contributed by atoms with Crippen LogP contribution in [-0.4, -0.2) is 23.7 Å². The molecule has 2 N–H and O–H groups in total. The highest BCUT2D eigenvalue weighted by Gasteiger charge is 2.18. The van der Waals surface area contributed by atoms with Gasteiger partial charge in [-0.25, -0.2) is 4.39 Å². The number of aliphatic carboxylic acids is 1. The minimum Gasteiger partial charge on any atom is -0.481 e. The molecule has 1 aromatic carbocycles. The number of carboxylic acid groups (broad SMARTS) is 1. The van der Waals surface area contributed by atoms with Crippen LogP contribution in [0.3, 0.4) is 0 Å². The van der Waals surface area contributed by atoms with E-state index in [1.807, 2.05) is 6.92 Å². The van der Waals surface area contributed by atoms with Crippen molar-refractivity contribution in [3.63, 3.8) is 0 Å². The first-order chi connectivity index (χ1) is 8.00. The van der Waals surface area contributed by atoms with Crippen LogP contribution < -0.4 is 5.32 Å². The first kappa shape index (κ1) is 13.6. The van der Waals surface area contributed by atoms with Gasteiger partial charge in [0, 0.05) is 6.04 Å². The molecule has 2 unspecified atom stereocenters. The van der Waals surface area contributed by atoms with Crippen molar-refractivity contribution in [2.45, 2.75) is 26.3 Å². The molecule has 0 bridgehead atoms. The maximum atomic E-state index is 12.7. The number of carbonyl (C=O) groups is 1. The van der Waals surface area contributed by atoms with Crippen molar-refractivity contribution in [2.24, 2.45) is 5.92 Å². The Kier molecular flexibility index (Phi) is 5.10. The van der Waals surface area contributed by atoms with Gasteiger partial charge in [-0.3, -0.25) is 4.79 Å². The Hall–Kier alpha value is -1.42. The number of rotatable bonds is 6. The molecule has 94 valence electrons. The van der Waals surface area contributed by atoms with E-state index in [-0.39, 0.29) is 11.9 Å². The van der Waals surface area contributed by atoms with Crippen molar-refractivity contribution in [3.8, 4) is 0 Å². The third-order valence-electron chi connectivity index (χ3n) is 2.93. The molecule has 0 aromatic heterocycles. The van der Waals surface area contributed by atoms with E-state index in [2.05, 4.69) is 5.32 Å². The van der Waals surface area contributed by atoms with Crippen molar-refractivity contribution in [1.82, 2.24) is 5.32 Å². The van der Waals surface area contributed by atoms with Crippen molar-refractivity contribution in [3.05, 3.63) is 35.6 Å². The molecule has 0 radical (unpaired) electrons. The summed E-state index contributed by atoms with van der Waals surface area (Å²) in [5.74, 6) is -1.45. The lowest BCUT2D eigenvalue weighted by Crippen LogP contribution is -2.37. The SMILES string of the molecule is CC(NCCc1ccc(F)cc1)C(C)C(=O)O. The van der Waals surface area contributed by atoms with Gasteiger partial charge in [0.2, 0.25) is 0 Å². The second-order valence-electron chi connectivity index (χ2n) is 4.25. The fourth-order valence-electron chi connectivity index (χ4n) is 1.49. The third-order valence-corrected chi connectivity index (χ3v) is 2.93. The zero-order valence-electron chi connectivity index (χ0n) is 10.1. The third kappa shape index (κ3) is 4.53. The van der Waals surface area contributed by atoms with Crippen LogP contribution >= 0.6 is 0 Å². The molecular weight excluding hydrogens is 221 g/mol. The summed E-state index contributed by atoms with van der Waals surface area (Å²) in [7, 11) is 0. The first-order valence-electron chi connectivity index (χ1n) is 5.71. The molecular formula is C13H18FNO2. The van der Waals surface area contributed by atoms with Gasteiger partial charge < -0.3 is 10.4 Å². The second-order valence-corrected chi connectivity index (χ2v) is 4.25. The lowest BCUT2D eigenvalue weighted by molar-refractivity contribution is -0.141. The van der Waals surface area contributed by atoms with Gasteiger partial charge in [-0.1, -0.05) is 19.1 Å². The van der Waals surface area contributed by atoms with Gasteiger partial charge >= 0.3 is 5.97 Å². The molecule has 3 nitrogen and oxygen atoms in total. The molecule has 0 spiro atoms. The highest BCUT2D eigenvalue weighted by atomic mass is 19.1. The lowest BCUT2D eigenvalue weighted by atomic mass is 10.0. The lowest BCUT2D eigenvalue weighted by Gasteiger charge is -2.17. The molecule has 0 saturated carbocycles. The molecule has 2 atom stereocenters. The van der Waals surface area contributed by atoms with Crippen LogP contribution in [0.15, 0.2) is 24.3 Å². The average molecular weight is 239 g/mol. The summed E-state index contributed by atoms with van der Waals surface area (Å²) < 4.78 is 12.7. The van der Waals surface area contributed by atoms with E-state index in [1.54, 1.807) is 19.1 Å². The van der Waals surface area contributed by atoms with E-state index < -0.39 is 11.9 Å². The van der Waals surface area contributed by atoms with Crippen molar-refractivity contribution >= 4 is 5.97 Å². The fraction of sp³-hybridized carbons (Fsp3) is 0.462. The molecule has 4 heteroatoms. The van der Waals surface area contributed by atoms with Crippen LogP contribution in [0.1, 0.15) is 19.4 Å². The molecule has 1 aromatic rings. The molecule has 0 aliphatic carbocycles. The summed E-state index contributed by atoms with van der Waals surface area (Å²) >= 11 is 0. The van der Waals surface area contributed by atoms with Crippen molar-refractivity contribution in [1.29, 1.82) is 0 Å². The zero-order chi connectivity index (χ0) is 12.8. The van der Waals surface area contributed by atoms with Gasteiger partial charge in [0.15, 0.2) is 0 Å². The highest BCUT2D eigenvalue weighted by Crippen LogP contribution is 2.05. The van der Waals surface area contributed by atoms with Gasteiger partial charge in [0.1, 0.15) is 5.82 Å². The monoisotopic (exact) mass is 239 g/mol. The van der Waals surface area contributed by atoms with Crippen LogP contribution in [0.5, 0.6) is 0 Å². The topological polar surface area (TPSA) is 49.3 Å².